The smallest absolute Gasteiger partial charge is 0.257 e. The van der Waals surface area contributed by atoms with Crippen molar-refractivity contribution in [2.45, 2.75) is 32.9 Å². The second-order valence-corrected chi connectivity index (χ2v) is 10.2. The lowest BCUT2D eigenvalue weighted by Crippen LogP contribution is -2.39. The van der Waals surface area contributed by atoms with Crippen LogP contribution in [0.25, 0.3) is 11.3 Å². The van der Waals surface area contributed by atoms with Crippen molar-refractivity contribution in [3.05, 3.63) is 78.0 Å². The first-order valence-electron chi connectivity index (χ1n) is 13.4. The molecule has 1 atom stereocenters. The maximum atomic E-state index is 13.4. The lowest BCUT2D eigenvalue weighted by Gasteiger charge is -2.29. The van der Waals surface area contributed by atoms with Gasteiger partial charge in [-0.05, 0) is 42.3 Å². The number of pyridine rings is 1. The zero-order chi connectivity index (χ0) is 27.8. The first-order valence-corrected chi connectivity index (χ1v) is 13.4. The van der Waals surface area contributed by atoms with Crippen LogP contribution in [0.1, 0.15) is 36.2 Å². The number of ether oxygens (including phenoxy) is 2. The number of anilines is 1. The molecule has 2 heterocycles. The number of benzene rings is 2. The monoisotopic (exact) mass is 530 g/mol. The van der Waals surface area contributed by atoms with E-state index >= 15 is 0 Å². The van der Waals surface area contributed by atoms with E-state index in [1.807, 2.05) is 32.0 Å². The van der Waals surface area contributed by atoms with Crippen LogP contribution in [0.3, 0.4) is 0 Å². The highest BCUT2D eigenvalue weighted by atomic mass is 16.5. The third kappa shape index (κ3) is 7.65. The molecule has 0 saturated carbocycles. The van der Waals surface area contributed by atoms with Crippen LogP contribution in [0, 0.1) is 5.92 Å². The topological polar surface area (TPSA) is 84.0 Å². The van der Waals surface area contributed by atoms with Crippen LogP contribution < -0.4 is 10.1 Å². The van der Waals surface area contributed by atoms with Gasteiger partial charge in [-0.25, -0.2) is 0 Å². The molecular formula is C31H38N4O4. The van der Waals surface area contributed by atoms with Crippen molar-refractivity contribution in [3.8, 4) is 17.0 Å². The molecule has 1 aliphatic heterocycles. The standard InChI is InChI=1S/C31H38N4O4/c1-22(2)30(36)33-25-12-13-29-27(19-25)31(37)34(3)21-26(38-4)14-16-35(17-18-39-29)20-23-8-10-24(11-9-23)28-7-5-6-15-32-28/h5-13,15,19,22,26H,14,16-18,20-21H2,1-4H3,(H,33,36). The van der Waals surface area contributed by atoms with Crippen LogP contribution in [0.5, 0.6) is 5.75 Å². The van der Waals surface area contributed by atoms with Gasteiger partial charge in [-0.2, -0.15) is 0 Å². The summed E-state index contributed by atoms with van der Waals surface area (Å²) in [5.74, 6) is 0.0648. The number of rotatable bonds is 6. The molecule has 0 aliphatic carbocycles. The number of amides is 2. The number of carbonyl (C=O) groups excluding carboxylic acids is 2. The molecule has 0 fully saturated rings. The zero-order valence-electron chi connectivity index (χ0n) is 23.2. The van der Waals surface area contributed by atoms with Crippen LogP contribution in [0.4, 0.5) is 5.69 Å². The summed E-state index contributed by atoms with van der Waals surface area (Å²) >= 11 is 0. The van der Waals surface area contributed by atoms with Gasteiger partial charge in [-0.1, -0.05) is 44.2 Å². The first-order chi connectivity index (χ1) is 18.8. The third-order valence-electron chi connectivity index (χ3n) is 6.91. The fourth-order valence-corrected chi connectivity index (χ4v) is 4.52. The first kappa shape index (κ1) is 28.3. The van der Waals surface area contributed by atoms with Crippen LogP contribution in [0.15, 0.2) is 66.9 Å². The molecule has 39 heavy (non-hydrogen) atoms. The number of aromatic nitrogens is 1. The van der Waals surface area contributed by atoms with Crippen molar-refractivity contribution in [1.82, 2.24) is 14.8 Å². The number of carbonyl (C=O) groups is 2. The largest absolute Gasteiger partial charge is 0.491 e. The summed E-state index contributed by atoms with van der Waals surface area (Å²) in [5, 5.41) is 2.88. The molecule has 0 saturated heterocycles. The van der Waals surface area contributed by atoms with E-state index in [-0.39, 0.29) is 23.8 Å². The van der Waals surface area contributed by atoms with Crippen LogP contribution in [-0.4, -0.2) is 73.1 Å². The van der Waals surface area contributed by atoms with Crippen molar-refractivity contribution < 1.29 is 19.1 Å². The van der Waals surface area contributed by atoms with E-state index in [4.69, 9.17) is 9.47 Å². The Hall–Kier alpha value is -3.75. The molecule has 8 nitrogen and oxygen atoms in total. The average Bonchev–Trinajstić information content (AvgIpc) is 2.95. The summed E-state index contributed by atoms with van der Waals surface area (Å²) in [7, 11) is 3.45. The molecule has 206 valence electrons. The molecule has 1 unspecified atom stereocenters. The highest BCUT2D eigenvalue weighted by molar-refractivity contribution is 5.99. The van der Waals surface area contributed by atoms with Crippen LogP contribution in [0.2, 0.25) is 0 Å². The quantitative estimate of drug-likeness (QED) is 0.497. The molecule has 4 rings (SSSR count). The molecule has 3 aromatic rings. The SMILES string of the molecule is COC1CCN(Cc2ccc(-c3ccccn3)cc2)CCOc2ccc(NC(=O)C(C)C)cc2C(=O)N(C)C1. The van der Waals surface area contributed by atoms with E-state index in [9.17, 15) is 9.59 Å². The molecular weight excluding hydrogens is 492 g/mol. The van der Waals surface area contributed by atoms with Crippen molar-refractivity contribution in [2.75, 3.05) is 45.7 Å². The fourth-order valence-electron chi connectivity index (χ4n) is 4.52. The van der Waals surface area contributed by atoms with Gasteiger partial charge in [0.1, 0.15) is 12.4 Å². The number of hydrogen-bond acceptors (Lipinski definition) is 6. The fraction of sp³-hybridized carbons (Fsp3) is 0.387. The van der Waals surface area contributed by atoms with Crippen LogP contribution in [-0.2, 0) is 16.1 Å². The predicted octanol–water partition coefficient (Wildman–Crippen LogP) is 4.71. The molecule has 2 amide bonds. The predicted molar refractivity (Wildman–Crippen MR) is 153 cm³/mol. The van der Waals surface area contributed by atoms with Gasteiger partial charge in [0.2, 0.25) is 5.91 Å². The minimum Gasteiger partial charge on any atom is -0.491 e. The van der Waals surface area contributed by atoms with Crippen molar-refractivity contribution in [1.29, 1.82) is 0 Å². The van der Waals surface area contributed by atoms with Gasteiger partial charge in [-0.3, -0.25) is 19.5 Å². The normalized spacial score (nSPS) is 17.1. The van der Waals surface area contributed by atoms with Crippen molar-refractivity contribution in [2.24, 2.45) is 5.92 Å². The molecule has 0 spiro atoms. The second kappa shape index (κ2) is 13.4. The summed E-state index contributed by atoms with van der Waals surface area (Å²) in [6.07, 6.45) is 2.47. The summed E-state index contributed by atoms with van der Waals surface area (Å²) in [4.78, 5) is 34.1. The van der Waals surface area contributed by atoms with Gasteiger partial charge in [0, 0.05) is 63.7 Å². The number of hydrogen-bond donors (Lipinski definition) is 1. The van der Waals surface area contributed by atoms with Gasteiger partial charge in [0.05, 0.1) is 17.4 Å². The third-order valence-corrected chi connectivity index (χ3v) is 6.91. The van der Waals surface area contributed by atoms with E-state index < -0.39 is 0 Å². The minimum absolute atomic E-state index is 0.104. The van der Waals surface area contributed by atoms with Crippen molar-refractivity contribution in [3.63, 3.8) is 0 Å². The molecule has 1 N–H and O–H groups in total. The number of nitrogens with one attached hydrogen (secondary N) is 1. The molecule has 0 radical (unpaired) electrons. The van der Waals surface area contributed by atoms with Gasteiger partial charge < -0.3 is 19.7 Å². The van der Waals surface area contributed by atoms with E-state index in [0.717, 1.165) is 30.8 Å². The highest BCUT2D eigenvalue weighted by Gasteiger charge is 2.23. The van der Waals surface area contributed by atoms with Gasteiger partial charge in [0.15, 0.2) is 0 Å². The maximum Gasteiger partial charge on any atom is 0.257 e. The Labute approximate surface area is 230 Å². The van der Waals surface area contributed by atoms with Gasteiger partial charge in [-0.15, -0.1) is 0 Å². The number of fused-ring (bicyclic) bond motifs is 1. The maximum absolute atomic E-state index is 13.4. The average molecular weight is 531 g/mol. The number of nitrogens with zero attached hydrogens (tertiary/aromatic N) is 3. The Morgan fingerprint density at radius 3 is 2.62 bits per heavy atom. The van der Waals surface area contributed by atoms with E-state index in [0.29, 0.717) is 36.7 Å². The van der Waals surface area contributed by atoms with E-state index in [2.05, 4.69) is 39.5 Å². The zero-order valence-corrected chi connectivity index (χ0v) is 23.2. The van der Waals surface area contributed by atoms with E-state index in [1.165, 1.54) is 5.56 Å². The Morgan fingerprint density at radius 1 is 1.13 bits per heavy atom. The Bertz CT molecular complexity index is 1250. The number of methoxy groups -OCH3 is 1. The summed E-state index contributed by atoms with van der Waals surface area (Å²) < 4.78 is 11.9. The summed E-state index contributed by atoms with van der Waals surface area (Å²) in [6.45, 7) is 6.79. The lowest BCUT2D eigenvalue weighted by molar-refractivity contribution is -0.118. The van der Waals surface area contributed by atoms with Crippen molar-refractivity contribution >= 4 is 17.5 Å². The summed E-state index contributed by atoms with van der Waals surface area (Å²) in [5.41, 5.74) is 4.24. The Kier molecular flexibility index (Phi) is 9.68. The molecule has 1 aromatic heterocycles. The number of likely N-dealkylation sites (N-methyl/N-ethyl adjacent to an activating group) is 1. The molecule has 0 bridgehead atoms. The molecule has 2 aromatic carbocycles. The Balaban J connectivity index is 1.51. The Morgan fingerprint density at radius 2 is 1.92 bits per heavy atom. The molecule has 8 heteroatoms. The van der Waals surface area contributed by atoms with Gasteiger partial charge >= 0.3 is 0 Å². The highest BCUT2D eigenvalue weighted by Crippen LogP contribution is 2.26. The summed E-state index contributed by atoms with van der Waals surface area (Å²) in [6, 6.07) is 19.6. The van der Waals surface area contributed by atoms with E-state index in [1.54, 1.807) is 43.5 Å². The minimum atomic E-state index is -0.168. The van der Waals surface area contributed by atoms with Gasteiger partial charge in [0.25, 0.3) is 5.91 Å². The molecule has 1 aliphatic rings. The van der Waals surface area contributed by atoms with Crippen LogP contribution >= 0.6 is 0 Å². The lowest BCUT2D eigenvalue weighted by atomic mass is 10.1. The second-order valence-electron chi connectivity index (χ2n) is 10.2.